The Morgan fingerprint density at radius 3 is 2.57 bits per heavy atom. The van der Waals surface area contributed by atoms with Crippen LogP contribution in [-0.4, -0.2) is 48.8 Å². The molecule has 148 valence electrons. The molecule has 1 N–H and O–H groups in total. The van der Waals surface area contributed by atoms with E-state index in [2.05, 4.69) is 5.32 Å². The second-order valence-electron chi connectivity index (χ2n) is 7.20. The first kappa shape index (κ1) is 19.9. The van der Waals surface area contributed by atoms with Crippen LogP contribution in [0.15, 0.2) is 42.5 Å². The Labute approximate surface area is 162 Å². The van der Waals surface area contributed by atoms with Crippen LogP contribution in [0, 0.1) is 11.6 Å². The van der Waals surface area contributed by atoms with E-state index < -0.39 is 17.6 Å². The van der Waals surface area contributed by atoms with Crippen molar-refractivity contribution in [2.75, 3.05) is 32.5 Å². The fourth-order valence-corrected chi connectivity index (χ4v) is 3.30. The molecule has 2 amide bonds. The van der Waals surface area contributed by atoms with Gasteiger partial charge in [0.1, 0.15) is 0 Å². The van der Waals surface area contributed by atoms with Gasteiger partial charge in [0, 0.05) is 31.7 Å². The predicted molar refractivity (Wildman–Crippen MR) is 103 cm³/mol. The summed E-state index contributed by atoms with van der Waals surface area (Å²) in [6.07, 6.45) is 0.0616. The minimum atomic E-state index is -0.945. The Morgan fingerprint density at radius 1 is 1.11 bits per heavy atom. The molecule has 0 fully saturated rings. The molecule has 0 bridgehead atoms. The molecule has 0 aliphatic carbocycles. The van der Waals surface area contributed by atoms with Crippen LogP contribution in [-0.2, 0) is 16.1 Å². The van der Waals surface area contributed by atoms with Gasteiger partial charge >= 0.3 is 0 Å². The first-order chi connectivity index (χ1) is 13.3. The highest BCUT2D eigenvalue weighted by molar-refractivity contribution is 6.01. The minimum absolute atomic E-state index is 0.0616. The van der Waals surface area contributed by atoms with Crippen LogP contribution in [0.5, 0.6) is 0 Å². The molecule has 0 saturated heterocycles. The number of rotatable bonds is 6. The second-order valence-corrected chi connectivity index (χ2v) is 7.20. The normalized spacial score (nSPS) is 15.9. The summed E-state index contributed by atoms with van der Waals surface area (Å²) >= 11 is 0. The zero-order chi connectivity index (χ0) is 20.3. The lowest BCUT2D eigenvalue weighted by atomic mass is 9.89. The number of carbonyl (C=O) groups is 2. The van der Waals surface area contributed by atoms with Crippen LogP contribution in [0.3, 0.4) is 0 Å². The zero-order valence-electron chi connectivity index (χ0n) is 15.9. The summed E-state index contributed by atoms with van der Waals surface area (Å²) in [7, 11) is 3.78. The van der Waals surface area contributed by atoms with Gasteiger partial charge in [-0.05, 0) is 43.4 Å². The SMILES string of the molecule is CN(C)CCN(Cc1ccc(F)c(F)c1)C(=O)C1CC(=O)Nc2ccccc21. The molecule has 1 aliphatic rings. The van der Waals surface area contributed by atoms with Gasteiger partial charge in [0.2, 0.25) is 11.8 Å². The zero-order valence-corrected chi connectivity index (χ0v) is 15.9. The Morgan fingerprint density at radius 2 is 1.86 bits per heavy atom. The third kappa shape index (κ3) is 4.54. The number of amides is 2. The monoisotopic (exact) mass is 387 g/mol. The van der Waals surface area contributed by atoms with Crippen LogP contribution in [0.4, 0.5) is 14.5 Å². The van der Waals surface area contributed by atoms with Crippen LogP contribution in [0.1, 0.15) is 23.5 Å². The fourth-order valence-electron chi connectivity index (χ4n) is 3.30. The minimum Gasteiger partial charge on any atom is -0.337 e. The van der Waals surface area contributed by atoms with E-state index in [1.165, 1.54) is 6.07 Å². The smallest absolute Gasteiger partial charge is 0.231 e. The number of hydrogen-bond donors (Lipinski definition) is 1. The topological polar surface area (TPSA) is 52.7 Å². The lowest BCUT2D eigenvalue weighted by Crippen LogP contribution is -2.41. The number of likely N-dealkylation sites (N-methyl/N-ethyl adjacent to an activating group) is 1. The number of para-hydroxylation sites is 1. The third-order valence-electron chi connectivity index (χ3n) is 4.78. The number of anilines is 1. The highest BCUT2D eigenvalue weighted by atomic mass is 19.2. The lowest BCUT2D eigenvalue weighted by molar-refractivity contribution is -0.135. The molecule has 5 nitrogen and oxygen atoms in total. The first-order valence-electron chi connectivity index (χ1n) is 9.11. The van der Waals surface area contributed by atoms with E-state index in [-0.39, 0.29) is 24.8 Å². The van der Waals surface area contributed by atoms with Gasteiger partial charge in [-0.3, -0.25) is 9.59 Å². The Kier molecular flexibility index (Phi) is 6.04. The predicted octanol–water partition coefficient (Wildman–Crippen LogP) is 2.98. The average molecular weight is 387 g/mol. The van der Waals surface area contributed by atoms with Gasteiger partial charge in [0.15, 0.2) is 11.6 Å². The number of halogens is 2. The molecule has 1 heterocycles. The molecule has 0 aromatic heterocycles. The quantitative estimate of drug-likeness (QED) is 0.829. The number of nitrogens with one attached hydrogen (secondary N) is 1. The van der Waals surface area contributed by atoms with Gasteiger partial charge < -0.3 is 15.1 Å². The van der Waals surface area contributed by atoms with Crippen LogP contribution >= 0.6 is 0 Å². The van der Waals surface area contributed by atoms with E-state index in [9.17, 15) is 18.4 Å². The van der Waals surface area contributed by atoms with Crippen molar-refractivity contribution in [2.24, 2.45) is 0 Å². The van der Waals surface area contributed by atoms with Crippen LogP contribution in [0.25, 0.3) is 0 Å². The van der Waals surface area contributed by atoms with Gasteiger partial charge in [-0.2, -0.15) is 0 Å². The maximum atomic E-state index is 13.6. The van der Waals surface area contributed by atoms with Crippen molar-refractivity contribution in [3.8, 4) is 0 Å². The summed E-state index contributed by atoms with van der Waals surface area (Å²) in [5.41, 5.74) is 1.91. The number of nitrogens with zero attached hydrogens (tertiary/aromatic N) is 2. The van der Waals surface area contributed by atoms with Crippen molar-refractivity contribution < 1.29 is 18.4 Å². The van der Waals surface area contributed by atoms with Crippen molar-refractivity contribution in [3.05, 3.63) is 65.2 Å². The summed E-state index contributed by atoms with van der Waals surface area (Å²) < 4.78 is 26.8. The molecule has 0 radical (unpaired) electrons. The largest absolute Gasteiger partial charge is 0.337 e. The maximum Gasteiger partial charge on any atom is 0.231 e. The maximum absolute atomic E-state index is 13.6. The van der Waals surface area contributed by atoms with E-state index in [0.29, 0.717) is 24.3 Å². The summed E-state index contributed by atoms with van der Waals surface area (Å²) in [6.45, 7) is 1.16. The Balaban J connectivity index is 1.88. The van der Waals surface area contributed by atoms with Gasteiger partial charge in [-0.15, -0.1) is 0 Å². The molecule has 2 aromatic rings. The number of benzene rings is 2. The Bertz CT molecular complexity index is 886. The number of fused-ring (bicyclic) bond motifs is 1. The average Bonchev–Trinajstić information content (AvgIpc) is 2.66. The summed E-state index contributed by atoms with van der Waals surface area (Å²) in [4.78, 5) is 29.0. The molecule has 2 aromatic carbocycles. The molecular weight excluding hydrogens is 364 g/mol. The van der Waals surface area contributed by atoms with Gasteiger partial charge in [-0.25, -0.2) is 8.78 Å². The van der Waals surface area contributed by atoms with Crippen LogP contribution < -0.4 is 5.32 Å². The van der Waals surface area contributed by atoms with Gasteiger partial charge in [0.05, 0.1) is 5.92 Å². The van der Waals surface area contributed by atoms with E-state index in [1.807, 2.05) is 31.1 Å². The van der Waals surface area contributed by atoms with Gasteiger partial charge in [-0.1, -0.05) is 24.3 Å². The molecule has 7 heteroatoms. The molecule has 1 unspecified atom stereocenters. The standard InChI is InChI=1S/C21H23F2N3O2/c1-25(2)9-10-26(13-14-7-8-17(22)18(23)11-14)21(28)16-12-20(27)24-19-6-4-3-5-15(16)19/h3-8,11,16H,9-10,12-13H2,1-2H3,(H,24,27). The highest BCUT2D eigenvalue weighted by Gasteiger charge is 2.33. The van der Waals surface area contributed by atoms with Crippen molar-refractivity contribution in [3.63, 3.8) is 0 Å². The molecule has 1 aliphatic heterocycles. The van der Waals surface area contributed by atoms with E-state index in [1.54, 1.807) is 17.0 Å². The van der Waals surface area contributed by atoms with Crippen molar-refractivity contribution in [1.29, 1.82) is 0 Å². The van der Waals surface area contributed by atoms with Crippen LogP contribution in [0.2, 0.25) is 0 Å². The fraction of sp³-hybridized carbons (Fsp3) is 0.333. The van der Waals surface area contributed by atoms with E-state index in [0.717, 1.165) is 17.7 Å². The van der Waals surface area contributed by atoms with E-state index >= 15 is 0 Å². The second kappa shape index (κ2) is 8.48. The van der Waals surface area contributed by atoms with Crippen molar-refractivity contribution >= 4 is 17.5 Å². The molecule has 3 rings (SSSR count). The lowest BCUT2D eigenvalue weighted by Gasteiger charge is -2.31. The van der Waals surface area contributed by atoms with Crippen molar-refractivity contribution in [1.82, 2.24) is 9.80 Å². The molecule has 1 atom stereocenters. The summed E-state index contributed by atoms with van der Waals surface area (Å²) in [5, 5.41) is 2.79. The molecular formula is C21H23F2N3O2. The number of hydrogen-bond acceptors (Lipinski definition) is 3. The molecule has 28 heavy (non-hydrogen) atoms. The van der Waals surface area contributed by atoms with Crippen molar-refractivity contribution in [2.45, 2.75) is 18.9 Å². The summed E-state index contributed by atoms with van der Waals surface area (Å²) in [6, 6.07) is 10.9. The number of carbonyl (C=O) groups excluding carboxylic acids is 2. The summed E-state index contributed by atoms with van der Waals surface area (Å²) in [5.74, 6) is -2.88. The Hall–Kier alpha value is -2.80. The molecule has 0 spiro atoms. The first-order valence-corrected chi connectivity index (χ1v) is 9.11. The van der Waals surface area contributed by atoms with E-state index in [4.69, 9.17) is 0 Å². The molecule has 0 saturated carbocycles. The third-order valence-corrected chi connectivity index (χ3v) is 4.78. The van der Waals surface area contributed by atoms with Gasteiger partial charge in [0.25, 0.3) is 0 Å². The highest BCUT2D eigenvalue weighted by Crippen LogP contribution is 2.33.